The van der Waals surface area contributed by atoms with E-state index in [2.05, 4.69) is 52.0 Å². The van der Waals surface area contributed by atoms with E-state index in [-0.39, 0.29) is 0 Å². The second-order valence-corrected chi connectivity index (χ2v) is 4.83. The summed E-state index contributed by atoms with van der Waals surface area (Å²) in [6.45, 7) is 9.19. The summed E-state index contributed by atoms with van der Waals surface area (Å²) in [7, 11) is 0. The van der Waals surface area contributed by atoms with Crippen molar-refractivity contribution in [1.29, 1.82) is 0 Å². The van der Waals surface area contributed by atoms with E-state index in [0.29, 0.717) is 11.8 Å². The minimum Gasteiger partial charge on any atom is -0.0654 e. The van der Waals surface area contributed by atoms with Gasteiger partial charge in [-0.2, -0.15) is 0 Å². The Kier molecular flexibility index (Phi) is 4.87. The van der Waals surface area contributed by atoms with Crippen LogP contribution in [-0.4, -0.2) is 0 Å². The third-order valence-corrected chi connectivity index (χ3v) is 3.14. The second-order valence-electron chi connectivity index (χ2n) is 4.83. The van der Waals surface area contributed by atoms with Crippen LogP contribution >= 0.6 is 0 Å². The first-order chi connectivity index (χ1) is 7.16. The molecule has 0 aliphatic heterocycles. The predicted molar refractivity (Wildman–Crippen MR) is 68.5 cm³/mol. The first kappa shape index (κ1) is 12.3. The Balaban J connectivity index is 2.82. The Bertz CT molecular complexity index is 286. The molecule has 0 N–H and O–H groups in total. The van der Waals surface area contributed by atoms with Gasteiger partial charge in [0.15, 0.2) is 0 Å². The number of hydrogen-bond acceptors (Lipinski definition) is 0. The first-order valence-electron chi connectivity index (χ1n) is 6.25. The molecule has 0 heteroatoms. The fraction of sp³-hybridized carbons (Fsp3) is 0.600. The van der Waals surface area contributed by atoms with Crippen LogP contribution in [0.25, 0.3) is 0 Å². The zero-order valence-corrected chi connectivity index (χ0v) is 10.6. The highest BCUT2D eigenvalue weighted by atomic mass is 14.2. The lowest BCUT2D eigenvalue weighted by Gasteiger charge is -2.18. The van der Waals surface area contributed by atoms with E-state index in [1.807, 2.05) is 0 Å². The van der Waals surface area contributed by atoms with Gasteiger partial charge in [0.25, 0.3) is 0 Å². The van der Waals surface area contributed by atoms with Gasteiger partial charge in [-0.05, 0) is 29.4 Å². The first-order valence-corrected chi connectivity index (χ1v) is 6.25. The molecular weight excluding hydrogens is 180 g/mol. The van der Waals surface area contributed by atoms with Crippen molar-refractivity contribution in [2.75, 3.05) is 0 Å². The van der Waals surface area contributed by atoms with Gasteiger partial charge in [-0.1, -0.05) is 64.8 Å². The SMILES string of the molecule is CCCCC(C)c1ccccc1C(C)C. The van der Waals surface area contributed by atoms with Crippen LogP contribution in [-0.2, 0) is 0 Å². The number of unbranched alkanes of at least 4 members (excludes halogenated alkanes) is 1. The van der Waals surface area contributed by atoms with E-state index in [9.17, 15) is 0 Å². The lowest BCUT2D eigenvalue weighted by atomic mass is 9.87. The van der Waals surface area contributed by atoms with Gasteiger partial charge in [-0.3, -0.25) is 0 Å². The fourth-order valence-corrected chi connectivity index (χ4v) is 2.15. The summed E-state index contributed by atoms with van der Waals surface area (Å²) in [6.07, 6.45) is 3.96. The standard InChI is InChI=1S/C15H24/c1-5-6-9-13(4)15-11-8-7-10-14(15)12(2)3/h7-8,10-13H,5-6,9H2,1-4H3. The Hall–Kier alpha value is -0.780. The molecule has 0 heterocycles. The van der Waals surface area contributed by atoms with E-state index in [1.165, 1.54) is 24.8 Å². The van der Waals surface area contributed by atoms with Crippen LogP contribution in [0.2, 0.25) is 0 Å². The topological polar surface area (TPSA) is 0 Å². The maximum Gasteiger partial charge on any atom is -0.0188 e. The quantitative estimate of drug-likeness (QED) is 0.625. The smallest absolute Gasteiger partial charge is 0.0188 e. The highest BCUT2D eigenvalue weighted by Crippen LogP contribution is 2.28. The Morgan fingerprint density at radius 1 is 1.00 bits per heavy atom. The van der Waals surface area contributed by atoms with Crippen molar-refractivity contribution in [2.45, 2.75) is 58.8 Å². The summed E-state index contributed by atoms with van der Waals surface area (Å²) in [5, 5.41) is 0. The van der Waals surface area contributed by atoms with Crippen LogP contribution < -0.4 is 0 Å². The van der Waals surface area contributed by atoms with Crippen molar-refractivity contribution in [3.8, 4) is 0 Å². The molecule has 1 aromatic rings. The van der Waals surface area contributed by atoms with E-state index >= 15 is 0 Å². The maximum absolute atomic E-state index is 2.36. The van der Waals surface area contributed by atoms with E-state index < -0.39 is 0 Å². The molecular formula is C15H24. The Labute approximate surface area is 94.7 Å². The lowest BCUT2D eigenvalue weighted by molar-refractivity contribution is 0.615. The normalized spacial score (nSPS) is 13.1. The minimum absolute atomic E-state index is 0.644. The molecule has 1 aromatic carbocycles. The highest BCUT2D eigenvalue weighted by Gasteiger charge is 2.11. The molecule has 0 radical (unpaired) electrons. The fourth-order valence-electron chi connectivity index (χ4n) is 2.15. The monoisotopic (exact) mass is 204 g/mol. The molecule has 15 heavy (non-hydrogen) atoms. The molecule has 1 unspecified atom stereocenters. The molecule has 0 aromatic heterocycles. The van der Waals surface area contributed by atoms with Gasteiger partial charge >= 0.3 is 0 Å². The molecule has 0 nitrogen and oxygen atoms in total. The van der Waals surface area contributed by atoms with Gasteiger partial charge in [-0.15, -0.1) is 0 Å². The third-order valence-electron chi connectivity index (χ3n) is 3.14. The zero-order valence-electron chi connectivity index (χ0n) is 10.6. The maximum atomic E-state index is 2.36. The van der Waals surface area contributed by atoms with Crippen LogP contribution in [0.15, 0.2) is 24.3 Å². The molecule has 84 valence electrons. The minimum atomic E-state index is 0.644. The van der Waals surface area contributed by atoms with Crippen LogP contribution in [0.3, 0.4) is 0 Å². The summed E-state index contributed by atoms with van der Waals surface area (Å²) < 4.78 is 0. The largest absolute Gasteiger partial charge is 0.0654 e. The van der Waals surface area contributed by atoms with Gasteiger partial charge in [0, 0.05) is 0 Å². The molecule has 0 amide bonds. The average molecular weight is 204 g/mol. The van der Waals surface area contributed by atoms with Gasteiger partial charge in [0.2, 0.25) is 0 Å². The summed E-state index contributed by atoms with van der Waals surface area (Å²) in [6, 6.07) is 8.91. The molecule has 0 aliphatic rings. The van der Waals surface area contributed by atoms with Crippen molar-refractivity contribution in [2.24, 2.45) is 0 Å². The predicted octanol–water partition coefficient (Wildman–Crippen LogP) is 5.10. The number of rotatable bonds is 5. The molecule has 0 saturated carbocycles. The summed E-state index contributed by atoms with van der Waals surface area (Å²) >= 11 is 0. The van der Waals surface area contributed by atoms with Crippen molar-refractivity contribution in [1.82, 2.24) is 0 Å². The zero-order chi connectivity index (χ0) is 11.3. The van der Waals surface area contributed by atoms with Crippen LogP contribution in [0, 0.1) is 0 Å². The van der Waals surface area contributed by atoms with E-state index in [0.717, 1.165) is 0 Å². The Morgan fingerprint density at radius 3 is 2.13 bits per heavy atom. The molecule has 0 saturated heterocycles. The van der Waals surface area contributed by atoms with Gasteiger partial charge in [-0.25, -0.2) is 0 Å². The number of hydrogen-bond donors (Lipinski definition) is 0. The lowest BCUT2D eigenvalue weighted by Crippen LogP contribution is -2.00. The van der Waals surface area contributed by atoms with Crippen LogP contribution in [0.4, 0.5) is 0 Å². The van der Waals surface area contributed by atoms with Gasteiger partial charge in [0.1, 0.15) is 0 Å². The van der Waals surface area contributed by atoms with Crippen molar-refractivity contribution >= 4 is 0 Å². The molecule has 0 bridgehead atoms. The molecule has 1 rings (SSSR count). The average Bonchev–Trinajstić information content (AvgIpc) is 2.25. The van der Waals surface area contributed by atoms with Crippen molar-refractivity contribution < 1.29 is 0 Å². The molecule has 1 atom stereocenters. The van der Waals surface area contributed by atoms with Crippen LogP contribution in [0.1, 0.15) is 69.9 Å². The van der Waals surface area contributed by atoms with Crippen molar-refractivity contribution in [3.63, 3.8) is 0 Å². The van der Waals surface area contributed by atoms with Crippen molar-refractivity contribution in [3.05, 3.63) is 35.4 Å². The molecule has 0 aliphatic carbocycles. The summed E-state index contributed by atoms with van der Waals surface area (Å²) in [5.74, 6) is 1.36. The highest BCUT2D eigenvalue weighted by molar-refractivity contribution is 5.32. The van der Waals surface area contributed by atoms with Crippen LogP contribution in [0.5, 0.6) is 0 Å². The Morgan fingerprint density at radius 2 is 1.60 bits per heavy atom. The second kappa shape index (κ2) is 5.95. The third kappa shape index (κ3) is 3.37. The summed E-state index contributed by atoms with van der Waals surface area (Å²) in [5.41, 5.74) is 3.09. The number of benzene rings is 1. The van der Waals surface area contributed by atoms with Gasteiger partial charge < -0.3 is 0 Å². The van der Waals surface area contributed by atoms with E-state index in [4.69, 9.17) is 0 Å². The summed E-state index contributed by atoms with van der Waals surface area (Å²) in [4.78, 5) is 0. The van der Waals surface area contributed by atoms with E-state index in [1.54, 1.807) is 5.56 Å². The van der Waals surface area contributed by atoms with Gasteiger partial charge in [0.05, 0.1) is 0 Å². The molecule has 0 spiro atoms. The molecule has 0 fully saturated rings.